The fourth-order valence-corrected chi connectivity index (χ4v) is 2.49. The summed E-state index contributed by atoms with van der Waals surface area (Å²) in [6.07, 6.45) is 1.02. The molecule has 3 unspecified atom stereocenters. The smallest absolute Gasteiger partial charge is 0.305 e. The third-order valence-electron chi connectivity index (χ3n) is 3.65. The van der Waals surface area contributed by atoms with E-state index in [1.54, 1.807) is 0 Å². The minimum absolute atomic E-state index is 0.173. The SMILES string of the molecule is COC(=O)CC1CC(C)C(O)C1(C)C. The van der Waals surface area contributed by atoms with Gasteiger partial charge in [0.25, 0.3) is 0 Å². The monoisotopic (exact) mass is 200 g/mol. The van der Waals surface area contributed by atoms with E-state index in [0.29, 0.717) is 6.42 Å². The molecule has 1 aliphatic rings. The van der Waals surface area contributed by atoms with Crippen LogP contribution in [0.3, 0.4) is 0 Å². The Kier molecular flexibility index (Phi) is 3.20. The van der Waals surface area contributed by atoms with E-state index in [-0.39, 0.29) is 29.3 Å². The lowest BCUT2D eigenvalue weighted by atomic mass is 9.78. The van der Waals surface area contributed by atoms with E-state index in [0.717, 1.165) is 6.42 Å². The predicted octanol–water partition coefficient (Wildman–Crippen LogP) is 1.59. The fraction of sp³-hybridized carbons (Fsp3) is 0.909. The molecule has 1 aliphatic carbocycles. The van der Waals surface area contributed by atoms with Gasteiger partial charge in [-0.25, -0.2) is 0 Å². The molecule has 0 amide bonds. The molecule has 1 rings (SSSR count). The number of carbonyl (C=O) groups excluding carboxylic acids is 1. The van der Waals surface area contributed by atoms with Crippen LogP contribution in [-0.2, 0) is 9.53 Å². The van der Waals surface area contributed by atoms with Crippen molar-refractivity contribution in [3.8, 4) is 0 Å². The number of ether oxygens (including phenoxy) is 1. The predicted molar refractivity (Wildman–Crippen MR) is 53.7 cm³/mol. The first-order valence-electron chi connectivity index (χ1n) is 5.14. The van der Waals surface area contributed by atoms with Gasteiger partial charge in [-0.1, -0.05) is 20.8 Å². The number of aliphatic hydroxyl groups is 1. The first-order valence-corrected chi connectivity index (χ1v) is 5.14. The molecular weight excluding hydrogens is 180 g/mol. The fourth-order valence-electron chi connectivity index (χ4n) is 2.49. The summed E-state index contributed by atoms with van der Waals surface area (Å²) in [5, 5.41) is 9.93. The maximum Gasteiger partial charge on any atom is 0.305 e. The second-order valence-electron chi connectivity index (χ2n) is 4.96. The molecule has 0 aromatic heterocycles. The van der Waals surface area contributed by atoms with Crippen LogP contribution in [0, 0.1) is 17.3 Å². The molecule has 0 saturated heterocycles. The maximum absolute atomic E-state index is 11.2. The van der Waals surface area contributed by atoms with Gasteiger partial charge in [-0.2, -0.15) is 0 Å². The van der Waals surface area contributed by atoms with Crippen LogP contribution in [0.1, 0.15) is 33.6 Å². The van der Waals surface area contributed by atoms with Gasteiger partial charge < -0.3 is 9.84 Å². The molecule has 3 atom stereocenters. The van der Waals surface area contributed by atoms with Crippen LogP contribution in [0.2, 0.25) is 0 Å². The minimum Gasteiger partial charge on any atom is -0.469 e. The van der Waals surface area contributed by atoms with Crippen molar-refractivity contribution >= 4 is 5.97 Å². The number of carbonyl (C=O) groups is 1. The quantitative estimate of drug-likeness (QED) is 0.689. The lowest BCUT2D eigenvalue weighted by Crippen LogP contribution is -2.32. The van der Waals surface area contributed by atoms with Crippen molar-refractivity contribution in [3.63, 3.8) is 0 Å². The molecule has 0 bridgehead atoms. The van der Waals surface area contributed by atoms with E-state index in [9.17, 15) is 9.90 Å². The van der Waals surface area contributed by atoms with Gasteiger partial charge in [0.1, 0.15) is 0 Å². The van der Waals surface area contributed by atoms with Gasteiger partial charge in [-0.15, -0.1) is 0 Å². The molecule has 0 radical (unpaired) electrons. The molecule has 82 valence electrons. The summed E-state index contributed by atoms with van der Waals surface area (Å²) in [6, 6.07) is 0. The first kappa shape index (κ1) is 11.5. The van der Waals surface area contributed by atoms with Crippen LogP contribution in [0.5, 0.6) is 0 Å². The third kappa shape index (κ3) is 1.92. The molecule has 1 fully saturated rings. The lowest BCUT2D eigenvalue weighted by molar-refractivity contribution is -0.142. The summed E-state index contributed by atoms with van der Waals surface area (Å²) in [6.45, 7) is 6.08. The van der Waals surface area contributed by atoms with E-state index in [2.05, 4.69) is 4.74 Å². The molecule has 1 saturated carbocycles. The number of esters is 1. The maximum atomic E-state index is 11.2. The topological polar surface area (TPSA) is 46.5 Å². The summed E-state index contributed by atoms with van der Waals surface area (Å²) in [7, 11) is 1.41. The summed E-state index contributed by atoms with van der Waals surface area (Å²) < 4.78 is 4.66. The lowest BCUT2D eigenvalue weighted by Gasteiger charge is -2.29. The molecule has 14 heavy (non-hydrogen) atoms. The van der Waals surface area contributed by atoms with Crippen molar-refractivity contribution in [1.82, 2.24) is 0 Å². The molecule has 0 spiro atoms. The second-order valence-corrected chi connectivity index (χ2v) is 4.96. The average Bonchev–Trinajstić information content (AvgIpc) is 2.30. The van der Waals surface area contributed by atoms with Gasteiger partial charge in [-0.3, -0.25) is 4.79 Å². The highest BCUT2D eigenvalue weighted by molar-refractivity contribution is 5.69. The third-order valence-corrected chi connectivity index (χ3v) is 3.65. The van der Waals surface area contributed by atoms with Crippen molar-refractivity contribution in [1.29, 1.82) is 0 Å². The molecule has 0 aliphatic heterocycles. The molecule has 0 heterocycles. The van der Waals surface area contributed by atoms with E-state index in [1.807, 2.05) is 20.8 Å². The van der Waals surface area contributed by atoms with Crippen LogP contribution < -0.4 is 0 Å². The molecular formula is C11H20O3. The van der Waals surface area contributed by atoms with Crippen molar-refractivity contribution < 1.29 is 14.6 Å². The highest BCUT2D eigenvalue weighted by Gasteiger charge is 2.46. The summed E-state index contributed by atoms with van der Waals surface area (Å²) in [5.41, 5.74) is -0.173. The van der Waals surface area contributed by atoms with E-state index >= 15 is 0 Å². The number of methoxy groups -OCH3 is 1. The zero-order valence-electron chi connectivity index (χ0n) is 9.41. The van der Waals surface area contributed by atoms with Gasteiger partial charge in [0.05, 0.1) is 13.2 Å². The number of aliphatic hydroxyl groups excluding tert-OH is 1. The molecule has 3 heteroatoms. The van der Waals surface area contributed by atoms with Crippen LogP contribution in [0.15, 0.2) is 0 Å². The number of hydrogen-bond acceptors (Lipinski definition) is 3. The summed E-state index contributed by atoms with van der Waals surface area (Å²) in [4.78, 5) is 11.2. The minimum atomic E-state index is -0.308. The number of hydrogen-bond donors (Lipinski definition) is 1. The Labute approximate surface area is 85.5 Å². The summed E-state index contributed by atoms with van der Waals surface area (Å²) >= 11 is 0. The van der Waals surface area contributed by atoms with Crippen LogP contribution in [0.4, 0.5) is 0 Å². The zero-order valence-corrected chi connectivity index (χ0v) is 9.41. The average molecular weight is 200 g/mol. The Morgan fingerprint density at radius 3 is 2.50 bits per heavy atom. The first-order chi connectivity index (χ1) is 6.39. The highest BCUT2D eigenvalue weighted by Crippen LogP contribution is 2.47. The van der Waals surface area contributed by atoms with E-state index in [4.69, 9.17) is 0 Å². The largest absolute Gasteiger partial charge is 0.469 e. The van der Waals surface area contributed by atoms with Crippen LogP contribution in [-0.4, -0.2) is 24.3 Å². The van der Waals surface area contributed by atoms with Gasteiger partial charge in [-0.05, 0) is 23.7 Å². The second kappa shape index (κ2) is 3.89. The van der Waals surface area contributed by atoms with E-state index in [1.165, 1.54) is 7.11 Å². The Balaban J connectivity index is 2.67. The Morgan fingerprint density at radius 2 is 2.14 bits per heavy atom. The van der Waals surface area contributed by atoms with Gasteiger partial charge in [0.2, 0.25) is 0 Å². The summed E-state index contributed by atoms with van der Waals surface area (Å²) in [5.74, 6) is 0.337. The molecule has 0 aromatic carbocycles. The highest BCUT2D eigenvalue weighted by atomic mass is 16.5. The van der Waals surface area contributed by atoms with E-state index < -0.39 is 0 Å². The van der Waals surface area contributed by atoms with Crippen molar-refractivity contribution in [3.05, 3.63) is 0 Å². The van der Waals surface area contributed by atoms with Crippen LogP contribution >= 0.6 is 0 Å². The van der Waals surface area contributed by atoms with Crippen molar-refractivity contribution in [2.75, 3.05) is 7.11 Å². The van der Waals surface area contributed by atoms with Gasteiger partial charge >= 0.3 is 5.97 Å². The number of rotatable bonds is 2. The molecule has 3 nitrogen and oxygen atoms in total. The molecule has 0 aromatic rings. The standard InChI is InChI=1S/C11H20O3/c1-7-5-8(6-9(12)14-4)11(2,3)10(7)13/h7-8,10,13H,5-6H2,1-4H3. The Morgan fingerprint density at radius 1 is 1.57 bits per heavy atom. The van der Waals surface area contributed by atoms with Crippen molar-refractivity contribution in [2.45, 2.75) is 39.7 Å². The normalized spacial score (nSPS) is 35.6. The van der Waals surface area contributed by atoms with Crippen LogP contribution in [0.25, 0.3) is 0 Å². The zero-order chi connectivity index (χ0) is 10.9. The van der Waals surface area contributed by atoms with Gasteiger partial charge in [0.15, 0.2) is 0 Å². The Hall–Kier alpha value is -0.570. The van der Waals surface area contributed by atoms with Crippen molar-refractivity contribution in [2.24, 2.45) is 17.3 Å². The molecule has 1 N–H and O–H groups in total. The van der Waals surface area contributed by atoms with Gasteiger partial charge in [0, 0.05) is 6.42 Å². The Bertz CT molecular complexity index is 223.